The second-order valence-corrected chi connectivity index (χ2v) is 5.53. The summed E-state index contributed by atoms with van der Waals surface area (Å²) in [6, 6.07) is 3.79. The summed E-state index contributed by atoms with van der Waals surface area (Å²) in [6.45, 7) is 13.8. The van der Waals surface area contributed by atoms with Crippen LogP contribution in [0.5, 0.6) is 0 Å². The van der Waals surface area contributed by atoms with E-state index in [-0.39, 0.29) is 18.3 Å². The minimum atomic E-state index is 0. The van der Waals surface area contributed by atoms with Crippen molar-refractivity contribution >= 4 is 17.3 Å². The van der Waals surface area contributed by atoms with Gasteiger partial charge in [-0.15, -0.1) is 0 Å². The number of benzene rings is 1. The Kier molecular flexibility index (Phi) is 7.75. The molecule has 0 unspecified atom stereocenters. The molecule has 0 aliphatic carbocycles. The number of aryl methyl sites for hydroxylation is 2. The molecule has 0 saturated heterocycles. The third kappa shape index (κ3) is 4.90. The molecule has 1 rings (SSSR count). The summed E-state index contributed by atoms with van der Waals surface area (Å²) in [5, 5.41) is 3.05. The molecule has 0 aliphatic rings. The summed E-state index contributed by atoms with van der Waals surface area (Å²) in [6.07, 6.45) is 0. The smallest absolute Gasteiger partial charge is 0.279 e. The molecular formula is C16H28ClN3O. The van der Waals surface area contributed by atoms with E-state index in [9.17, 15) is 4.79 Å². The average Bonchev–Trinajstić information content (AvgIpc) is 2.40. The van der Waals surface area contributed by atoms with Crippen LogP contribution in [0.4, 0.5) is 11.4 Å². The molecule has 1 amide bonds. The normalized spacial score (nSPS) is 10.9. The summed E-state index contributed by atoms with van der Waals surface area (Å²) in [5.74, 6) is 0.0755. The van der Waals surface area contributed by atoms with Gasteiger partial charge in [0.15, 0.2) is 6.54 Å². The van der Waals surface area contributed by atoms with E-state index in [1.165, 1.54) is 0 Å². The Morgan fingerprint density at radius 1 is 1.10 bits per heavy atom. The van der Waals surface area contributed by atoms with Crippen molar-refractivity contribution in [2.24, 2.45) is 0 Å². The lowest BCUT2D eigenvalue weighted by molar-refractivity contribution is -0.915. The van der Waals surface area contributed by atoms with Crippen LogP contribution in [0.25, 0.3) is 0 Å². The highest BCUT2D eigenvalue weighted by atomic mass is 35.5. The minimum Gasteiger partial charge on any atom is -1.00 e. The number of halogens is 1. The van der Waals surface area contributed by atoms with Crippen molar-refractivity contribution in [3.63, 3.8) is 0 Å². The molecule has 0 bridgehead atoms. The second-order valence-electron chi connectivity index (χ2n) is 5.53. The summed E-state index contributed by atoms with van der Waals surface area (Å²) in [4.78, 5) is 12.3. The first kappa shape index (κ1) is 19.7. The van der Waals surface area contributed by atoms with E-state index in [1.807, 2.05) is 26.0 Å². The van der Waals surface area contributed by atoms with Crippen LogP contribution in [0, 0.1) is 13.8 Å². The number of carbonyl (C=O) groups is 1. The Balaban J connectivity index is 0.00000400. The lowest BCUT2D eigenvalue weighted by atomic mass is 10.1. The van der Waals surface area contributed by atoms with Gasteiger partial charge < -0.3 is 27.9 Å². The monoisotopic (exact) mass is 313 g/mol. The van der Waals surface area contributed by atoms with Gasteiger partial charge in [-0.3, -0.25) is 4.79 Å². The standard InChI is InChI=1S/C16H27N3O.ClH/c1-6-19(7-2,8-3)11-15(20)18-16-12(4)9-14(17)10-13(16)5;/h9-10H,6-8,11,17H2,1-5H3;1H. The molecule has 1 aromatic rings. The van der Waals surface area contributed by atoms with Crippen LogP contribution in [-0.4, -0.2) is 36.6 Å². The molecule has 0 radical (unpaired) electrons. The number of rotatable bonds is 6. The highest BCUT2D eigenvalue weighted by Crippen LogP contribution is 2.23. The molecule has 0 fully saturated rings. The maximum absolute atomic E-state index is 12.3. The predicted octanol–water partition coefficient (Wildman–Crippen LogP) is -0.295. The molecule has 0 heterocycles. The first-order valence-electron chi connectivity index (χ1n) is 7.39. The summed E-state index contributed by atoms with van der Waals surface area (Å²) in [5.41, 5.74) is 9.46. The number of quaternary nitrogens is 1. The van der Waals surface area contributed by atoms with Crippen molar-refractivity contribution in [3.8, 4) is 0 Å². The number of hydrogen-bond acceptors (Lipinski definition) is 2. The highest BCUT2D eigenvalue weighted by molar-refractivity contribution is 5.93. The molecule has 0 spiro atoms. The lowest BCUT2D eigenvalue weighted by Crippen LogP contribution is -3.00. The lowest BCUT2D eigenvalue weighted by Gasteiger charge is -2.35. The number of anilines is 2. The van der Waals surface area contributed by atoms with Crippen LogP contribution in [0.2, 0.25) is 0 Å². The van der Waals surface area contributed by atoms with Crippen LogP contribution in [-0.2, 0) is 4.79 Å². The van der Waals surface area contributed by atoms with Crippen LogP contribution >= 0.6 is 0 Å². The zero-order chi connectivity index (χ0) is 15.3. The summed E-state index contributed by atoms with van der Waals surface area (Å²) >= 11 is 0. The van der Waals surface area contributed by atoms with Crippen molar-refractivity contribution in [2.45, 2.75) is 34.6 Å². The van der Waals surface area contributed by atoms with Crippen LogP contribution in [0.1, 0.15) is 31.9 Å². The second kappa shape index (κ2) is 8.25. The van der Waals surface area contributed by atoms with Gasteiger partial charge in [0.25, 0.3) is 5.91 Å². The third-order valence-electron chi connectivity index (χ3n) is 4.31. The molecular weight excluding hydrogens is 286 g/mol. The molecule has 3 N–H and O–H groups in total. The van der Waals surface area contributed by atoms with Gasteiger partial charge in [-0.1, -0.05) is 0 Å². The van der Waals surface area contributed by atoms with Gasteiger partial charge in [0.05, 0.1) is 19.6 Å². The Morgan fingerprint density at radius 3 is 1.90 bits per heavy atom. The maximum atomic E-state index is 12.3. The number of hydrogen-bond donors (Lipinski definition) is 2. The fourth-order valence-electron chi connectivity index (χ4n) is 2.68. The van der Waals surface area contributed by atoms with Crippen molar-refractivity contribution in [1.29, 1.82) is 0 Å². The van der Waals surface area contributed by atoms with Gasteiger partial charge in [-0.25, -0.2) is 0 Å². The Labute approximate surface area is 134 Å². The van der Waals surface area contributed by atoms with Gasteiger partial charge in [0.1, 0.15) is 0 Å². The SMILES string of the molecule is CC[N+](CC)(CC)CC(=O)Nc1c(C)cc(N)cc1C.[Cl-]. The quantitative estimate of drug-likeness (QED) is 0.560. The minimum absolute atomic E-state index is 0. The molecule has 4 nitrogen and oxygen atoms in total. The van der Waals surface area contributed by atoms with E-state index < -0.39 is 0 Å². The molecule has 0 saturated carbocycles. The molecule has 0 aromatic heterocycles. The fourth-order valence-corrected chi connectivity index (χ4v) is 2.68. The fraction of sp³-hybridized carbons (Fsp3) is 0.562. The number of nitrogens with zero attached hydrogens (tertiary/aromatic N) is 1. The first-order valence-corrected chi connectivity index (χ1v) is 7.39. The number of nitrogens with one attached hydrogen (secondary N) is 1. The maximum Gasteiger partial charge on any atom is 0.279 e. The summed E-state index contributed by atoms with van der Waals surface area (Å²) < 4.78 is 0.818. The Morgan fingerprint density at radius 2 is 1.52 bits per heavy atom. The van der Waals surface area contributed by atoms with E-state index >= 15 is 0 Å². The largest absolute Gasteiger partial charge is 1.00 e. The van der Waals surface area contributed by atoms with Crippen molar-refractivity contribution < 1.29 is 21.7 Å². The van der Waals surface area contributed by atoms with Crippen molar-refractivity contribution in [3.05, 3.63) is 23.3 Å². The third-order valence-corrected chi connectivity index (χ3v) is 4.31. The van der Waals surface area contributed by atoms with Crippen molar-refractivity contribution in [2.75, 3.05) is 37.2 Å². The highest BCUT2D eigenvalue weighted by Gasteiger charge is 2.25. The van der Waals surface area contributed by atoms with Gasteiger partial charge in [-0.05, 0) is 57.9 Å². The topological polar surface area (TPSA) is 55.1 Å². The van der Waals surface area contributed by atoms with Crippen LogP contribution in [0.15, 0.2) is 12.1 Å². The van der Waals surface area contributed by atoms with Gasteiger partial charge in [-0.2, -0.15) is 0 Å². The van der Waals surface area contributed by atoms with E-state index in [0.717, 1.165) is 46.6 Å². The van der Waals surface area contributed by atoms with E-state index in [1.54, 1.807) is 0 Å². The van der Waals surface area contributed by atoms with Gasteiger partial charge in [0, 0.05) is 11.4 Å². The van der Waals surface area contributed by atoms with E-state index in [4.69, 9.17) is 5.73 Å². The number of nitrogens with two attached hydrogens (primary N) is 1. The molecule has 0 atom stereocenters. The van der Waals surface area contributed by atoms with Gasteiger partial charge >= 0.3 is 0 Å². The Hall–Kier alpha value is -1.26. The van der Waals surface area contributed by atoms with Crippen LogP contribution in [0.3, 0.4) is 0 Å². The number of nitrogen functional groups attached to an aromatic ring is 1. The van der Waals surface area contributed by atoms with Gasteiger partial charge in [0.2, 0.25) is 0 Å². The number of likely N-dealkylation sites (N-methyl/N-ethyl adjacent to an activating group) is 1. The molecule has 0 aliphatic heterocycles. The Bertz CT molecular complexity index is 453. The predicted molar refractivity (Wildman–Crippen MR) is 85.7 cm³/mol. The van der Waals surface area contributed by atoms with Crippen LogP contribution < -0.4 is 23.5 Å². The zero-order valence-corrected chi connectivity index (χ0v) is 14.5. The molecule has 5 heteroatoms. The molecule has 21 heavy (non-hydrogen) atoms. The van der Waals surface area contributed by atoms with Crippen molar-refractivity contribution in [1.82, 2.24) is 0 Å². The molecule has 1 aromatic carbocycles. The summed E-state index contributed by atoms with van der Waals surface area (Å²) in [7, 11) is 0. The van der Waals surface area contributed by atoms with E-state index in [0.29, 0.717) is 6.54 Å². The zero-order valence-electron chi connectivity index (χ0n) is 13.8. The molecule has 120 valence electrons. The number of amides is 1. The number of carbonyl (C=O) groups excluding carboxylic acids is 1. The van der Waals surface area contributed by atoms with E-state index in [2.05, 4.69) is 26.1 Å². The first-order chi connectivity index (χ1) is 9.37. The average molecular weight is 314 g/mol.